The van der Waals surface area contributed by atoms with Crippen molar-refractivity contribution in [1.29, 1.82) is 0 Å². The number of hydrogen-bond acceptors (Lipinski definition) is 6. The standard InChI is InChI=1S/C21H20N2O3S/c1-15(2)21(24)26-13-12-25-14-16-8-10-18(11-9-16)20-23-22-19(27-20)17-6-4-3-5-7-17/h3-11H,1,12-14H2,2H3. The van der Waals surface area contributed by atoms with Crippen molar-refractivity contribution >= 4 is 17.3 Å². The van der Waals surface area contributed by atoms with Crippen molar-refractivity contribution in [1.82, 2.24) is 10.2 Å². The molecule has 0 aliphatic carbocycles. The third-order valence-electron chi connectivity index (χ3n) is 3.72. The Hall–Kier alpha value is -2.83. The summed E-state index contributed by atoms with van der Waals surface area (Å²) < 4.78 is 10.5. The van der Waals surface area contributed by atoms with Gasteiger partial charge in [0.05, 0.1) is 13.2 Å². The van der Waals surface area contributed by atoms with Gasteiger partial charge < -0.3 is 9.47 Å². The maximum absolute atomic E-state index is 11.3. The molecule has 0 bridgehead atoms. The molecule has 3 aromatic rings. The Morgan fingerprint density at radius 1 is 0.963 bits per heavy atom. The number of esters is 1. The second kappa shape index (κ2) is 9.21. The van der Waals surface area contributed by atoms with Crippen molar-refractivity contribution in [3.8, 4) is 21.1 Å². The number of carbonyl (C=O) groups excluding carboxylic acids is 1. The van der Waals surface area contributed by atoms with E-state index in [0.29, 0.717) is 18.8 Å². The predicted molar refractivity (Wildman–Crippen MR) is 106 cm³/mol. The fraction of sp³-hybridized carbons (Fsp3) is 0.190. The first-order valence-electron chi connectivity index (χ1n) is 8.52. The fourth-order valence-electron chi connectivity index (χ4n) is 2.29. The Labute approximate surface area is 162 Å². The molecule has 27 heavy (non-hydrogen) atoms. The summed E-state index contributed by atoms with van der Waals surface area (Å²) in [4.78, 5) is 11.3. The first kappa shape index (κ1) is 18.9. The van der Waals surface area contributed by atoms with Gasteiger partial charge in [-0.15, -0.1) is 10.2 Å². The quantitative estimate of drug-likeness (QED) is 0.327. The lowest BCUT2D eigenvalue weighted by molar-refractivity contribution is -0.140. The molecule has 0 aliphatic heterocycles. The maximum Gasteiger partial charge on any atom is 0.333 e. The molecule has 0 N–H and O–H groups in total. The number of aromatic nitrogens is 2. The molecule has 5 nitrogen and oxygen atoms in total. The van der Waals surface area contributed by atoms with Gasteiger partial charge in [-0.25, -0.2) is 4.79 Å². The van der Waals surface area contributed by atoms with Gasteiger partial charge in [0.25, 0.3) is 0 Å². The van der Waals surface area contributed by atoms with Crippen LogP contribution in [0.15, 0.2) is 66.7 Å². The topological polar surface area (TPSA) is 61.3 Å². The van der Waals surface area contributed by atoms with E-state index < -0.39 is 5.97 Å². The number of rotatable bonds is 8. The minimum Gasteiger partial charge on any atom is -0.460 e. The average Bonchev–Trinajstić information content (AvgIpc) is 3.19. The van der Waals surface area contributed by atoms with E-state index in [-0.39, 0.29) is 6.61 Å². The summed E-state index contributed by atoms with van der Waals surface area (Å²) in [6.45, 7) is 6.16. The summed E-state index contributed by atoms with van der Waals surface area (Å²) in [5, 5.41) is 10.4. The lowest BCUT2D eigenvalue weighted by atomic mass is 10.1. The zero-order chi connectivity index (χ0) is 19.1. The summed E-state index contributed by atoms with van der Waals surface area (Å²) >= 11 is 1.57. The minimum absolute atomic E-state index is 0.219. The summed E-state index contributed by atoms with van der Waals surface area (Å²) in [5.74, 6) is -0.394. The Kier molecular flexibility index (Phi) is 6.46. The third kappa shape index (κ3) is 5.32. The normalized spacial score (nSPS) is 10.6. The highest BCUT2D eigenvalue weighted by atomic mass is 32.1. The molecule has 0 saturated carbocycles. The van der Waals surface area contributed by atoms with Gasteiger partial charge >= 0.3 is 5.97 Å². The molecule has 1 aromatic heterocycles. The van der Waals surface area contributed by atoms with Gasteiger partial charge in [-0.05, 0) is 12.5 Å². The molecule has 0 unspecified atom stereocenters. The van der Waals surface area contributed by atoms with E-state index in [9.17, 15) is 4.79 Å². The van der Waals surface area contributed by atoms with Crippen LogP contribution in [0.4, 0.5) is 0 Å². The number of nitrogens with zero attached hydrogens (tertiary/aromatic N) is 2. The van der Waals surface area contributed by atoms with Crippen LogP contribution in [0.1, 0.15) is 12.5 Å². The van der Waals surface area contributed by atoms with Crippen LogP contribution in [0.25, 0.3) is 21.1 Å². The highest BCUT2D eigenvalue weighted by Crippen LogP contribution is 2.29. The lowest BCUT2D eigenvalue weighted by Gasteiger charge is -2.06. The average molecular weight is 380 g/mol. The molecular weight excluding hydrogens is 360 g/mol. The molecule has 3 rings (SSSR count). The van der Waals surface area contributed by atoms with E-state index in [4.69, 9.17) is 9.47 Å². The van der Waals surface area contributed by atoms with Gasteiger partial charge in [0.2, 0.25) is 0 Å². The Bertz CT molecular complexity index is 905. The predicted octanol–water partition coefficient (Wildman–Crippen LogP) is 4.51. The summed E-state index contributed by atoms with van der Waals surface area (Å²) in [6.07, 6.45) is 0. The Morgan fingerprint density at radius 2 is 1.59 bits per heavy atom. The zero-order valence-electron chi connectivity index (χ0n) is 15.1. The van der Waals surface area contributed by atoms with Crippen molar-refractivity contribution < 1.29 is 14.3 Å². The highest BCUT2D eigenvalue weighted by Gasteiger charge is 2.08. The van der Waals surface area contributed by atoms with Crippen molar-refractivity contribution in [3.63, 3.8) is 0 Å². The van der Waals surface area contributed by atoms with E-state index in [1.807, 2.05) is 54.6 Å². The Balaban J connectivity index is 1.51. The van der Waals surface area contributed by atoms with Crippen molar-refractivity contribution in [3.05, 3.63) is 72.3 Å². The number of carbonyl (C=O) groups is 1. The molecule has 0 fully saturated rings. The van der Waals surface area contributed by atoms with Crippen LogP contribution < -0.4 is 0 Å². The molecule has 0 spiro atoms. The fourth-order valence-corrected chi connectivity index (χ4v) is 3.14. The summed E-state index contributed by atoms with van der Waals surface area (Å²) in [7, 11) is 0. The van der Waals surface area contributed by atoms with E-state index >= 15 is 0 Å². The van der Waals surface area contributed by atoms with Crippen LogP contribution in [0.2, 0.25) is 0 Å². The van der Waals surface area contributed by atoms with E-state index in [1.165, 1.54) is 0 Å². The van der Waals surface area contributed by atoms with Crippen LogP contribution in [0, 0.1) is 0 Å². The van der Waals surface area contributed by atoms with Gasteiger partial charge in [0.15, 0.2) is 0 Å². The van der Waals surface area contributed by atoms with E-state index in [2.05, 4.69) is 16.8 Å². The second-order valence-corrected chi connectivity index (χ2v) is 6.92. The second-order valence-electron chi connectivity index (χ2n) is 5.94. The molecule has 138 valence electrons. The van der Waals surface area contributed by atoms with Gasteiger partial charge in [0, 0.05) is 16.7 Å². The highest BCUT2D eigenvalue weighted by molar-refractivity contribution is 7.17. The van der Waals surface area contributed by atoms with Crippen LogP contribution in [-0.2, 0) is 20.9 Å². The summed E-state index contributed by atoms with van der Waals surface area (Å²) in [5.41, 5.74) is 3.52. The van der Waals surface area contributed by atoms with Gasteiger partial charge in [0.1, 0.15) is 16.6 Å². The van der Waals surface area contributed by atoms with Crippen LogP contribution in [-0.4, -0.2) is 29.4 Å². The first-order valence-corrected chi connectivity index (χ1v) is 9.34. The maximum atomic E-state index is 11.3. The third-order valence-corrected chi connectivity index (χ3v) is 4.75. The molecule has 0 amide bonds. The first-order chi connectivity index (χ1) is 13.1. The van der Waals surface area contributed by atoms with E-state index in [1.54, 1.807) is 18.3 Å². The molecule has 0 aliphatic rings. The molecular formula is C21H20N2O3S. The number of benzene rings is 2. The number of hydrogen-bond donors (Lipinski definition) is 0. The van der Waals surface area contributed by atoms with Crippen molar-refractivity contribution in [2.75, 3.05) is 13.2 Å². The van der Waals surface area contributed by atoms with Gasteiger partial charge in [-0.3, -0.25) is 0 Å². The monoisotopic (exact) mass is 380 g/mol. The zero-order valence-corrected chi connectivity index (χ0v) is 15.9. The number of ether oxygens (including phenoxy) is 2. The van der Waals surface area contributed by atoms with E-state index in [0.717, 1.165) is 26.7 Å². The molecule has 0 saturated heterocycles. The smallest absolute Gasteiger partial charge is 0.333 e. The van der Waals surface area contributed by atoms with Crippen LogP contribution in [0.5, 0.6) is 0 Å². The van der Waals surface area contributed by atoms with Crippen LogP contribution >= 0.6 is 11.3 Å². The van der Waals surface area contributed by atoms with Gasteiger partial charge in [-0.1, -0.05) is 72.5 Å². The van der Waals surface area contributed by atoms with Crippen molar-refractivity contribution in [2.45, 2.75) is 13.5 Å². The summed E-state index contributed by atoms with van der Waals surface area (Å²) in [6, 6.07) is 18.0. The largest absolute Gasteiger partial charge is 0.460 e. The molecule has 0 atom stereocenters. The molecule has 1 heterocycles. The van der Waals surface area contributed by atoms with Crippen molar-refractivity contribution in [2.24, 2.45) is 0 Å². The molecule has 0 radical (unpaired) electrons. The van der Waals surface area contributed by atoms with Gasteiger partial charge in [-0.2, -0.15) is 0 Å². The Morgan fingerprint density at radius 3 is 2.22 bits per heavy atom. The SMILES string of the molecule is C=C(C)C(=O)OCCOCc1ccc(-c2nnc(-c3ccccc3)s2)cc1. The lowest BCUT2D eigenvalue weighted by Crippen LogP contribution is -2.10. The minimum atomic E-state index is -0.394. The van der Waals surface area contributed by atoms with Crippen LogP contribution in [0.3, 0.4) is 0 Å². The molecule has 6 heteroatoms. The molecule has 2 aromatic carbocycles.